The number of fused-ring (bicyclic) bond motifs is 1. The Morgan fingerprint density at radius 2 is 2.15 bits per heavy atom. The number of hydrogen-bond acceptors (Lipinski definition) is 6. The summed E-state index contributed by atoms with van der Waals surface area (Å²) >= 11 is 0. The first-order chi connectivity index (χ1) is 15.6. The van der Waals surface area contributed by atoms with Gasteiger partial charge >= 0.3 is 0 Å². The molecule has 2 N–H and O–H groups in total. The number of aromatic amines is 1. The smallest absolute Gasteiger partial charge is 0.272 e. The summed E-state index contributed by atoms with van der Waals surface area (Å²) in [5.74, 6) is -0.0734. The molecule has 0 aromatic carbocycles. The number of aromatic nitrogens is 5. The largest absolute Gasteiger partial charge is 0.374 e. The Hall–Kier alpha value is -2.78. The lowest BCUT2D eigenvalue weighted by molar-refractivity contribution is -0.0351. The van der Waals surface area contributed by atoms with Crippen LogP contribution in [-0.4, -0.2) is 74.5 Å². The fourth-order valence-corrected chi connectivity index (χ4v) is 4.55. The van der Waals surface area contributed by atoms with Crippen LogP contribution in [0, 0.1) is 12.3 Å². The third-order valence-electron chi connectivity index (χ3n) is 5.86. The van der Waals surface area contributed by atoms with E-state index in [1.807, 2.05) is 19.2 Å². The van der Waals surface area contributed by atoms with Gasteiger partial charge in [-0.25, -0.2) is 9.50 Å². The Morgan fingerprint density at radius 1 is 1.36 bits per heavy atom. The van der Waals surface area contributed by atoms with Crippen LogP contribution >= 0.6 is 0 Å². The summed E-state index contributed by atoms with van der Waals surface area (Å²) in [5, 5.41) is 14.8. The summed E-state index contributed by atoms with van der Waals surface area (Å²) in [6.45, 7) is 16.8. The van der Waals surface area contributed by atoms with Crippen LogP contribution in [0.2, 0.25) is 0 Å². The van der Waals surface area contributed by atoms with Crippen LogP contribution in [0.3, 0.4) is 0 Å². The number of hydrogen-bond donors (Lipinski definition) is 2. The SMILES string of the molecule is Cc1cc(-c2[nH]nc(C(=O)NCC3CN(CC(C)(C)C)CCO3)c2C(C)C)cn2ncnc12. The van der Waals surface area contributed by atoms with Gasteiger partial charge in [0.1, 0.15) is 6.33 Å². The maximum absolute atomic E-state index is 13.1. The summed E-state index contributed by atoms with van der Waals surface area (Å²) in [7, 11) is 0. The molecule has 3 aromatic rings. The summed E-state index contributed by atoms with van der Waals surface area (Å²) in [5.41, 5.74) is 5.14. The first kappa shape index (κ1) is 23.4. The normalized spacial score (nSPS) is 17.7. The Kier molecular flexibility index (Phi) is 6.54. The van der Waals surface area contributed by atoms with Crippen LogP contribution in [-0.2, 0) is 4.74 Å². The molecule has 0 radical (unpaired) electrons. The molecule has 3 aromatic heterocycles. The zero-order valence-corrected chi connectivity index (χ0v) is 20.5. The molecule has 33 heavy (non-hydrogen) atoms. The zero-order chi connectivity index (χ0) is 23.8. The molecule has 0 spiro atoms. The van der Waals surface area contributed by atoms with Crippen molar-refractivity contribution in [3.63, 3.8) is 0 Å². The lowest BCUT2D eigenvalue weighted by atomic mass is 9.95. The van der Waals surface area contributed by atoms with Gasteiger partial charge < -0.3 is 10.1 Å². The second kappa shape index (κ2) is 9.23. The lowest BCUT2D eigenvalue weighted by Gasteiger charge is -2.36. The van der Waals surface area contributed by atoms with E-state index in [4.69, 9.17) is 4.74 Å². The third kappa shape index (κ3) is 5.25. The number of ether oxygens (including phenoxy) is 1. The fraction of sp³-hybridized carbons (Fsp3) is 0.583. The molecule has 0 saturated carbocycles. The van der Waals surface area contributed by atoms with Crippen molar-refractivity contribution in [1.82, 2.24) is 35.0 Å². The second-order valence-electron chi connectivity index (χ2n) is 10.5. The first-order valence-electron chi connectivity index (χ1n) is 11.6. The van der Waals surface area contributed by atoms with Crippen LogP contribution in [0.4, 0.5) is 0 Å². The van der Waals surface area contributed by atoms with Crippen LogP contribution in [0.5, 0.6) is 0 Å². The van der Waals surface area contributed by atoms with Crippen molar-refractivity contribution in [2.24, 2.45) is 5.41 Å². The molecule has 1 aliphatic rings. The number of rotatable bonds is 6. The Bertz CT molecular complexity index is 1130. The van der Waals surface area contributed by atoms with Gasteiger partial charge in [0.15, 0.2) is 11.3 Å². The number of carbonyl (C=O) groups excluding carboxylic acids is 1. The monoisotopic (exact) mass is 453 g/mol. The predicted octanol–water partition coefficient (Wildman–Crippen LogP) is 3.03. The third-order valence-corrected chi connectivity index (χ3v) is 5.86. The number of pyridine rings is 1. The van der Waals surface area contributed by atoms with Gasteiger partial charge in [-0.1, -0.05) is 34.6 Å². The molecule has 1 atom stereocenters. The highest BCUT2D eigenvalue weighted by Gasteiger charge is 2.27. The molecule has 1 fully saturated rings. The van der Waals surface area contributed by atoms with E-state index in [9.17, 15) is 4.79 Å². The Morgan fingerprint density at radius 3 is 2.88 bits per heavy atom. The van der Waals surface area contributed by atoms with Crippen molar-refractivity contribution >= 4 is 11.6 Å². The van der Waals surface area contributed by atoms with E-state index in [0.717, 1.165) is 47.7 Å². The van der Waals surface area contributed by atoms with Gasteiger partial charge in [0.2, 0.25) is 0 Å². The minimum absolute atomic E-state index is 0.0247. The minimum atomic E-state index is -0.184. The maximum atomic E-state index is 13.1. The maximum Gasteiger partial charge on any atom is 0.272 e. The molecule has 1 saturated heterocycles. The van der Waals surface area contributed by atoms with Gasteiger partial charge in [0, 0.05) is 43.5 Å². The molecule has 1 unspecified atom stereocenters. The number of amides is 1. The van der Waals surface area contributed by atoms with Crippen molar-refractivity contribution in [3.8, 4) is 11.3 Å². The molecule has 0 aliphatic carbocycles. The average molecular weight is 454 g/mol. The van der Waals surface area contributed by atoms with Crippen LogP contribution in [0.15, 0.2) is 18.6 Å². The molecule has 0 bridgehead atoms. The van der Waals surface area contributed by atoms with Gasteiger partial charge in [-0.05, 0) is 29.9 Å². The summed E-state index contributed by atoms with van der Waals surface area (Å²) in [6.07, 6.45) is 3.43. The van der Waals surface area contributed by atoms with E-state index < -0.39 is 0 Å². The lowest BCUT2D eigenvalue weighted by Crippen LogP contribution is -2.49. The highest BCUT2D eigenvalue weighted by Crippen LogP contribution is 2.31. The van der Waals surface area contributed by atoms with Crippen LogP contribution < -0.4 is 5.32 Å². The molecule has 1 aliphatic heterocycles. The van der Waals surface area contributed by atoms with Gasteiger partial charge in [0.25, 0.3) is 5.91 Å². The van der Waals surface area contributed by atoms with E-state index >= 15 is 0 Å². The van der Waals surface area contributed by atoms with E-state index in [0.29, 0.717) is 18.8 Å². The standard InChI is InChI=1S/C24H35N7O2/c1-15(2)19-20(17-9-16(3)22-26-14-27-31(22)11-17)28-29-21(19)23(32)25-10-18-12-30(7-8-33-18)13-24(4,5)6/h9,11,14-15,18H,7-8,10,12-13H2,1-6H3,(H,25,32)(H,28,29). The fourth-order valence-electron chi connectivity index (χ4n) is 4.55. The molecular weight excluding hydrogens is 418 g/mol. The molecule has 4 heterocycles. The number of H-pyrrole nitrogens is 1. The van der Waals surface area contributed by atoms with E-state index in [1.54, 1.807) is 4.52 Å². The first-order valence-corrected chi connectivity index (χ1v) is 11.6. The predicted molar refractivity (Wildman–Crippen MR) is 127 cm³/mol. The average Bonchev–Trinajstić information content (AvgIpc) is 3.38. The molecule has 4 rings (SSSR count). The van der Waals surface area contributed by atoms with Gasteiger partial charge in [-0.3, -0.25) is 14.8 Å². The number of carbonyl (C=O) groups is 1. The van der Waals surface area contributed by atoms with Gasteiger partial charge in [-0.15, -0.1) is 0 Å². The minimum Gasteiger partial charge on any atom is -0.374 e. The molecule has 9 nitrogen and oxygen atoms in total. The van der Waals surface area contributed by atoms with Crippen molar-refractivity contribution in [2.45, 2.75) is 53.6 Å². The highest BCUT2D eigenvalue weighted by atomic mass is 16.5. The molecule has 178 valence electrons. The molecular formula is C24H35N7O2. The van der Waals surface area contributed by atoms with Gasteiger partial charge in [0.05, 0.1) is 18.4 Å². The Balaban J connectivity index is 1.50. The quantitative estimate of drug-likeness (QED) is 0.595. The second-order valence-corrected chi connectivity index (χ2v) is 10.5. The van der Waals surface area contributed by atoms with Gasteiger partial charge in [-0.2, -0.15) is 10.2 Å². The van der Waals surface area contributed by atoms with E-state index in [2.05, 4.69) is 65.1 Å². The van der Waals surface area contributed by atoms with Crippen molar-refractivity contribution in [3.05, 3.63) is 35.4 Å². The summed E-state index contributed by atoms with van der Waals surface area (Å²) in [4.78, 5) is 19.8. The molecule has 9 heteroatoms. The highest BCUT2D eigenvalue weighted by molar-refractivity contribution is 5.95. The summed E-state index contributed by atoms with van der Waals surface area (Å²) in [6, 6.07) is 2.05. The van der Waals surface area contributed by atoms with Crippen molar-refractivity contribution in [1.29, 1.82) is 0 Å². The van der Waals surface area contributed by atoms with Crippen LogP contribution in [0.25, 0.3) is 16.9 Å². The summed E-state index contributed by atoms with van der Waals surface area (Å²) < 4.78 is 7.66. The van der Waals surface area contributed by atoms with Crippen molar-refractivity contribution < 1.29 is 9.53 Å². The van der Waals surface area contributed by atoms with E-state index in [-0.39, 0.29) is 23.3 Å². The molecule has 1 amide bonds. The topological polar surface area (TPSA) is 100 Å². The van der Waals surface area contributed by atoms with Crippen LogP contribution in [0.1, 0.15) is 62.2 Å². The zero-order valence-electron chi connectivity index (χ0n) is 20.5. The number of morpholine rings is 1. The number of nitrogens with zero attached hydrogens (tertiary/aromatic N) is 5. The van der Waals surface area contributed by atoms with E-state index in [1.165, 1.54) is 6.33 Å². The number of nitrogens with one attached hydrogen (secondary N) is 2. The Labute approximate surface area is 194 Å². The number of aryl methyl sites for hydroxylation is 1. The van der Waals surface area contributed by atoms with Crippen molar-refractivity contribution in [2.75, 3.05) is 32.8 Å².